The maximum atomic E-state index is 11.5. The second kappa shape index (κ2) is 8.56. The lowest BCUT2D eigenvalue weighted by Crippen LogP contribution is -2.00. The third-order valence-electron chi connectivity index (χ3n) is 5.88. The number of anilines is 1. The molecule has 5 aromatic rings. The molecule has 0 amide bonds. The summed E-state index contributed by atoms with van der Waals surface area (Å²) in [6, 6.07) is 17.3. The predicted octanol–water partition coefficient (Wildman–Crippen LogP) is 5.93. The van der Waals surface area contributed by atoms with Crippen molar-refractivity contribution in [3.8, 4) is 11.1 Å². The Morgan fingerprint density at radius 3 is 2.64 bits per heavy atom. The van der Waals surface area contributed by atoms with Gasteiger partial charge < -0.3 is 20.5 Å². The highest BCUT2D eigenvalue weighted by Crippen LogP contribution is 2.34. The van der Waals surface area contributed by atoms with Crippen molar-refractivity contribution in [3.05, 3.63) is 87.9 Å². The molecule has 4 N–H and O–H groups in total. The Morgan fingerprint density at radius 2 is 1.85 bits per heavy atom. The molecule has 0 radical (unpaired) electrons. The zero-order chi connectivity index (χ0) is 23.1. The van der Waals surface area contributed by atoms with Gasteiger partial charge in [-0.05, 0) is 75.0 Å². The van der Waals surface area contributed by atoms with Crippen LogP contribution in [0.1, 0.15) is 16.7 Å². The lowest BCUT2D eigenvalue weighted by Gasteiger charge is -2.11. The van der Waals surface area contributed by atoms with Crippen molar-refractivity contribution in [2.24, 2.45) is 0 Å². The molecule has 0 unspecified atom stereocenters. The van der Waals surface area contributed by atoms with Crippen LogP contribution in [0.15, 0.2) is 66.2 Å². The van der Waals surface area contributed by atoms with Gasteiger partial charge in [0.1, 0.15) is 0 Å². The van der Waals surface area contributed by atoms with Crippen LogP contribution in [0.25, 0.3) is 32.1 Å². The summed E-state index contributed by atoms with van der Waals surface area (Å²) in [6.07, 6.45) is 1.86. The van der Waals surface area contributed by atoms with Crippen molar-refractivity contribution in [1.82, 2.24) is 4.57 Å². The summed E-state index contributed by atoms with van der Waals surface area (Å²) in [5, 5.41) is 24.1. The highest BCUT2D eigenvalue weighted by Gasteiger charge is 2.15. The summed E-state index contributed by atoms with van der Waals surface area (Å²) < 4.78 is 3.24. The fourth-order valence-corrected chi connectivity index (χ4v) is 5.44. The Kier molecular flexibility index (Phi) is 5.58. The number of nitrogens with zero attached hydrogens (tertiary/aromatic N) is 1. The molecule has 0 aliphatic rings. The van der Waals surface area contributed by atoms with Crippen LogP contribution in [0.4, 0.5) is 5.69 Å². The Balaban J connectivity index is 1.67. The zero-order valence-corrected chi connectivity index (χ0v) is 19.2. The molecule has 0 aliphatic heterocycles. The summed E-state index contributed by atoms with van der Waals surface area (Å²) in [5.41, 5.74) is 12.0. The van der Waals surface area contributed by atoms with Crippen molar-refractivity contribution >= 4 is 55.6 Å². The summed E-state index contributed by atoms with van der Waals surface area (Å²) in [6.45, 7) is 0.490. The molecule has 7 heteroatoms. The standard InChI is InChI=1S/C26H21ClN2O3S/c27-19-3-6-25-23(9-19)18(14-33-25)12-29-11-17(8-26(31)32)21-5-2-15(7-24(21)29)22-10-20(28)4-1-16(22)13-30/h1-7,9-11,14,30H,8,12-13,28H2,(H,31,32). The Morgan fingerprint density at radius 1 is 1.00 bits per heavy atom. The van der Waals surface area contributed by atoms with Gasteiger partial charge in [0, 0.05) is 39.1 Å². The van der Waals surface area contributed by atoms with Crippen LogP contribution in [0.2, 0.25) is 5.02 Å². The number of halogens is 1. The third-order valence-corrected chi connectivity index (χ3v) is 7.13. The number of carboxylic acids is 1. The first-order valence-electron chi connectivity index (χ1n) is 10.4. The average Bonchev–Trinajstić information content (AvgIpc) is 3.34. The van der Waals surface area contributed by atoms with E-state index in [4.69, 9.17) is 17.3 Å². The largest absolute Gasteiger partial charge is 0.481 e. The first-order chi connectivity index (χ1) is 15.9. The smallest absolute Gasteiger partial charge is 0.307 e. The van der Waals surface area contributed by atoms with Crippen LogP contribution >= 0.6 is 22.9 Å². The highest BCUT2D eigenvalue weighted by molar-refractivity contribution is 7.17. The van der Waals surface area contributed by atoms with Crippen LogP contribution < -0.4 is 5.73 Å². The second-order valence-electron chi connectivity index (χ2n) is 8.06. The first kappa shape index (κ1) is 21.5. The molecule has 2 aromatic heterocycles. The van der Waals surface area contributed by atoms with Gasteiger partial charge in [-0.2, -0.15) is 0 Å². The van der Waals surface area contributed by atoms with Gasteiger partial charge in [0.15, 0.2) is 0 Å². The SMILES string of the molecule is Nc1ccc(CO)c(-c2ccc3c(CC(=O)O)cn(Cc4csc5ccc(Cl)cc45)c3c2)c1. The van der Waals surface area contributed by atoms with Crippen molar-refractivity contribution in [2.45, 2.75) is 19.6 Å². The molecule has 0 saturated carbocycles. The summed E-state index contributed by atoms with van der Waals surface area (Å²) >= 11 is 7.90. The van der Waals surface area contributed by atoms with E-state index < -0.39 is 5.97 Å². The van der Waals surface area contributed by atoms with Gasteiger partial charge in [0.05, 0.1) is 13.0 Å². The number of benzene rings is 3. The van der Waals surface area contributed by atoms with Gasteiger partial charge >= 0.3 is 5.97 Å². The lowest BCUT2D eigenvalue weighted by atomic mass is 9.97. The van der Waals surface area contributed by atoms with Gasteiger partial charge in [-0.3, -0.25) is 4.79 Å². The molecule has 0 aliphatic carbocycles. The van der Waals surface area contributed by atoms with E-state index in [2.05, 4.69) is 9.95 Å². The second-order valence-corrected chi connectivity index (χ2v) is 9.41. The van der Waals surface area contributed by atoms with E-state index in [1.807, 2.05) is 54.7 Å². The molecular formula is C26H21ClN2O3S. The summed E-state index contributed by atoms with van der Waals surface area (Å²) in [7, 11) is 0. The van der Waals surface area contributed by atoms with E-state index in [0.29, 0.717) is 17.3 Å². The molecule has 0 fully saturated rings. The number of carbonyl (C=O) groups is 1. The number of hydrogen-bond acceptors (Lipinski definition) is 4. The van der Waals surface area contributed by atoms with E-state index in [0.717, 1.165) is 48.8 Å². The molecule has 0 atom stereocenters. The monoisotopic (exact) mass is 476 g/mol. The number of aliphatic carboxylic acids is 1. The average molecular weight is 477 g/mol. The van der Waals surface area contributed by atoms with Crippen molar-refractivity contribution in [2.75, 3.05) is 5.73 Å². The maximum Gasteiger partial charge on any atom is 0.307 e. The molecule has 166 valence electrons. The molecule has 0 spiro atoms. The van der Waals surface area contributed by atoms with Crippen LogP contribution in [0.5, 0.6) is 0 Å². The number of aliphatic hydroxyl groups excluding tert-OH is 1. The third kappa shape index (κ3) is 4.09. The number of nitrogens with two attached hydrogens (primary N) is 1. The van der Waals surface area contributed by atoms with E-state index in [9.17, 15) is 15.0 Å². The Hall–Kier alpha value is -3.32. The van der Waals surface area contributed by atoms with E-state index in [1.54, 1.807) is 17.4 Å². The van der Waals surface area contributed by atoms with E-state index in [1.165, 1.54) is 0 Å². The van der Waals surface area contributed by atoms with Crippen LogP contribution in [0, 0.1) is 0 Å². The van der Waals surface area contributed by atoms with Gasteiger partial charge in [0.25, 0.3) is 0 Å². The number of thiophene rings is 1. The minimum atomic E-state index is -0.871. The van der Waals surface area contributed by atoms with Crippen molar-refractivity contribution in [1.29, 1.82) is 0 Å². The normalized spacial score (nSPS) is 11.5. The van der Waals surface area contributed by atoms with E-state index >= 15 is 0 Å². The van der Waals surface area contributed by atoms with Gasteiger partial charge in [0.2, 0.25) is 0 Å². The van der Waals surface area contributed by atoms with Gasteiger partial charge in [-0.1, -0.05) is 29.8 Å². The molecular weight excluding hydrogens is 456 g/mol. The molecule has 33 heavy (non-hydrogen) atoms. The van der Waals surface area contributed by atoms with Crippen LogP contribution in [0.3, 0.4) is 0 Å². The fourth-order valence-electron chi connectivity index (χ4n) is 4.33. The molecule has 3 aromatic carbocycles. The van der Waals surface area contributed by atoms with Crippen LogP contribution in [-0.2, 0) is 24.4 Å². The number of aromatic nitrogens is 1. The molecule has 5 nitrogen and oxygen atoms in total. The molecule has 0 bridgehead atoms. The van der Waals surface area contributed by atoms with Gasteiger partial charge in [-0.15, -0.1) is 11.3 Å². The number of aliphatic hydroxyl groups is 1. The zero-order valence-electron chi connectivity index (χ0n) is 17.6. The number of carboxylic acid groups (broad SMARTS) is 1. The van der Waals surface area contributed by atoms with Crippen molar-refractivity contribution < 1.29 is 15.0 Å². The topological polar surface area (TPSA) is 88.5 Å². The molecule has 5 rings (SSSR count). The Labute approximate surface area is 199 Å². The number of hydrogen-bond donors (Lipinski definition) is 3. The minimum absolute atomic E-state index is 0.0563. The molecule has 0 saturated heterocycles. The minimum Gasteiger partial charge on any atom is -0.481 e. The lowest BCUT2D eigenvalue weighted by molar-refractivity contribution is -0.136. The molecule has 2 heterocycles. The Bertz CT molecular complexity index is 1520. The maximum absolute atomic E-state index is 11.5. The van der Waals surface area contributed by atoms with Crippen molar-refractivity contribution in [3.63, 3.8) is 0 Å². The summed E-state index contributed by atoms with van der Waals surface area (Å²) in [4.78, 5) is 11.5. The predicted molar refractivity (Wildman–Crippen MR) is 135 cm³/mol. The fraction of sp³-hybridized carbons (Fsp3) is 0.115. The first-order valence-corrected chi connectivity index (χ1v) is 11.7. The quantitative estimate of drug-likeness (QED) is 0.265. The number of rotatable bonds is 6. The number of fused-ring (bicyclic) bond motifs is 2. The summed E-state index contributed by atoms with van der Waals surface area (Å²) in [5.74, 6) is -0.871. The number of nitrogen functional groups attached to an aromatic ring is 1. The van der Waals surface area contributed by atoms with E-state index in [-0.39, 0.29) is 13.0 Å². The van der Waals surface area contributed by atoms with Gasteiger partial charge in [-0.25, -0.2) is 0 Å². The highest BCUT2D eigenvalue weighted by atomic mass is 35.5. The van der Waals surface area contributed by atoms with Crippen LogP contribution in [-0.4, -0.2) is 20.7 Å².